The van der Waals surface area contributed by atoms with E-state index in [2.05, 4.69) is 203 Å². The highest BCUT2D eigenvalue weighted by Crippen LogP contribution is 2.45. The maximum atomic E-state index is 13.0. The van der Waals surface area contributed by atoms with E-state index in [1.165, 1.54) is 64.2 Å². The van der Waals surface area contributed by atoms with Gasteiger partial charge in [-0.3, -0.25) is 32.5 Å². The van der Waals surface area contributed by atoms with Crippen molar-refractivity contribution >= 4 is 33.6 Å². The molecule has 0 spiro atoms. The van der Waals surface area contributed by atoms with Crippen molar-refractivity contribution in [3.8, 4) is 0 Å². The van der Waals surface area contributed by atoms with Crippen LogP contribution in [0.25, 0.3) is 0 Å². The first-order valence-corrected chi connectivity index (χ1v) is 44.1. The first-order chi connectivity index (χ1) is 52.2. The fourth-order valence-corrected chi connectivity index (χ4v) is 12.0. The van der Waals surface area contributed by atoms with Gasteiger partial charge in [0.1, 0.15) is 25.4 Å². The predicted molar refractivity (Wildman–Crippen MR) is 445 cm³/mol. The van der Waals surface area contributed by atoms with E-state index in [9.17, 15) is 43.5 Å². The molecule has 0 saturated carbocycles. The lowest BCUT2D eigenvalue weighted by atomic mass is 10.0. The molecule has 18 heteroatoms. The number of hydrogen-bond acceptors (Lipinski definition) is 14. The molecule has 0 aromatic heterocycles. The number of phosphoric ester groups is 2. The molecular formula is C89H146O16P2. The van der Waals surface area contributed by atoms with Crippen LogP contribution < -0.4 is 0 Å². The molecule has 0 radical (unpaired) electrons. The summed E-state index contributed by atoms with van der Waals surface area (Å²) >= 11 is 0. The topological polar surface area (TPSA) is 231 Å². The number of carbonyl (C=O) groups is 3. The van der Waals surface area contributed by atoms with Gasteiger partial charge < -0.3 is 34.2 Å². The molecule has 608 valence electrons. The Hall–Kier alpha value is -5.35. The fraction of sp³-hybridized carbons (Fsp3) is 0.629. The van der Waals surface area contributed by atoms with Gasteiger partial charge in [-0.2, -0.15) is 0 Å². The quantitative estimate of drug-likeness (QED) is 0.0146. The minimum Gasteiger partial charge on any atom is -0.463 e. The van der Waals surface area contributed by atoms with Gasteiger partial charge in [0.25, 0.3) is 0 Å². The van der Waals surface area contributed by atoms with Gasteiger partial charge in [0, 0.05) is 19.3 Å². The van der Waals surface area contributed by atoms with Crippen molar-refractivity contribution in [1.82, 2.24) is 0 Å². The maximum absolute atomic E-state index is 13.0. The zero-order valence-corrected chi connectivity index (χ0v) is 68.3. The highest BCUT2D eigenvalue weighted by Gasteiger charge is 2.29. The van der Waals surface area contributed by atoms with Crippen molar-refractivity contribution in [1.29, 1.82) is 0 Å². The van der Waals surface area contributed by atoms with Gasteiger partial charge in [0.05, 0.1) is 26.4 Å². The lowest BCUT2D eigenvalue weighted by molar-refractivity contribution is -0.161. The molecule has 0 aliphatic carbocycles. The zero-order valence-electron chi connectivity index (χ0n) is 66.5. The number of rotatable bonds is 76. The van der Waals surface area contributed by atoms with Crippen LogP contribution in [0.3, 0.4) is 0 Å². The Kier molecular flexibility index (Phi) is 76.2. The van der Waals surface area contributed by atoms with Gasteiger partial charge in [-0.15, -0.1) is 0 Å². The van der Waals surface area contributed by atoms with Gasteiger partial charge in [-0.05, 0) is 161 Å². The Morgan fingerprint density at radius 3 is 0.804 bits per heavy atom. The molecule has 0 bridgehead atoms. The molecule has 0 heterocycles. The van der Waals surface area contributed by atoms with Gasteiger partial charge in [0.2, 0.25) is 0 Å². The lowest BCUT2D eigenvalue weighted by Gasteiger charge is -2.21. The van der Waals surface area contributed by atoms with E-state index in [-0.39, 0.29) is 19.3 Å². The molecule has 0 aromatic rings. The SMILES string of the molecule is CC/C=C\C/C=C\C/C=C\C/C=C\C/C=C\C/C=C\CCCCC(=O)OC(COC(=O)CCCCCCCCC/C=C\C/C=C\C/C=C\C/C=C\CCCCC)COP(=O)(O)OCC(O)COP(=O)(O)OCC(O)COC(=O)CCCCCCCCCCCCC/C=C\C/C=C\C/C=C\C/C=C\C/C=C\CC. The van der Waals surface area contributed by atoms with Crippen LogP contribution in [0, 0.1) is 0 Å². The first-order valence-electron chi connectivity index (χ1n) is 41.1. The summed E-state index contributed by atoms with van der Waals surface area (Å²) < 4.78 is 61.2. The van der Waals surface area contributed by atoms with E-state index in [1.54, 1.807) is 0 Å². The molecule has 5 atom stereocenters. The molecule has 107 heavy (non-hydrogen) atoms. The number of allylic oxidation sites excluding steroid dienone is 30. The molecule has 16 nitrogen and oxygen atoms in total. The summed E-state index contributed by atoms with van der Waals surface area (Å²) in [7, 11) is -9.83. The molecule has 0 saturated heterocycles. The molecular weight excluding hydrogens is 1390 g/mol. The first kappa shape index (κ1) is 102. The maximum Gasteiger partial charge on any atom is 0.472 e. The van der Waals surface area contributed by atoms with Crippen LogP contribution in [0.5, 0.6) is 0 Å². The van der Waals surface area contributed by atoms with Crippen molar-refractivity contribution in [2.45, 2.75) is 322 Å². The Bertz CT molecular complexity index is 2670. The number of esters is 3. The van der Waals surface area contributed by atoms with Crippen molar-refractivity contribution < 1.29 is 75.8 Å². The van der Waals surface area contributed by atoms with Crippen LogP contribution in [-0.4, -0.2) is 95.9 Å². The van der Waals surface area contributed by atoms with Gasteiger partial charge in [-0.1, -0.05) is 306 Å². The van der Waals surface area contributed by atoms with Crippen molar-refractivity contribution in [3.05, 3.63) is 182 Å². The summed E-state index contributed by atoms with van der Waals surface area (Å²) in [5, 5.41) is 20.7. The van der Waals surface area contributed by atoms with E-state index in [1.807, 2.05) is 0 Å². The van der Waals surface area contributed by atoms with E-state index >= 15 is 0 Å². The normalized spacial score (nSPS) is 14.9. The fourth-order valence-electron chi connectivity index (χ4n) is 10.4. The summed E-state index contributed by atoms with van der Waals surface area (Å²) in [5.41, 5.74) is 0. The minimum absolute atomic E-state index is 0.0400. The molecule has 0 aliphatic rings. The second-order valence-electron chi connectivity index (χ2n) is 26.8. The average Bonchev–Trinajstić information content (AvgIpc) is 0.934. The number of ether oxygens (including phenoxy) is 3. The van der Waals surface area contributed by atoms with Gasteiger partial charge >= 0.3 is 33.6 Å². The van der Waals surface area contributed by atoms with Crippen LogP contribution in [0.2, 0.25) is 0 Å². The minimum atomic E-state index is -4.96. The van der Waals surface area contributed by atoms with E-state index in [0.717, 1.165) is 173 Å². The lowest BCUT2D eigenvalue weighted by Crippen LogP contribution is -2.30. The van der Waals surface area contributed by atoms with Crippen molar-refractivity contribution in [2.75, 3.05) is 39.6 Å². The number of aliphatic hydroxyl groups is 2. The van der Waals surface area contributed by atoms with Gasteiger partial charge in [0.15, 0.2) is 6.10 Å². The third kappa shape index (κ3) is 81.5. The third-order valence-corrected chi connectivity index (χ3v) is 18.5. The van der Waals surface area contributed by atoms with Crippen LogP contribution in [0.15, 0.2) is 182 Å². The van der Waals surface area contributed by atoms with Crippen molar-refractivity contribution in [2.24, 2.45) is 0 Å². The zero-order chi connectivity index (χ0) is 78.0. The van der Waals surface area contributed by atoms with Crippen LogP contribution in [0.1, 0.15) is 303 Å². The van der Waals surface area contributed by atoms with Crippen LogP contribution in [-0.2, 0) is 55.8 Å². The third-order valence-electron chi connectivity index (χ3n) is 16.6. The summed E-state index contributed by atoms with van der Waals surface area (Å²) in [6, 6.07) is 0. The molecule has 0 aliphatic heterocycles. The number of hydrogen-bond donors (Lipinski definition) is 4. The van der Waals surface area contributed by atoms with Crippen LogP contribution in [0.4, 0.5) is 0 Å². The van der Waals surface area contributed by atoms with E-state index < -0.39 is 91.5 Å². The molecule has 0 rings (SSSR count). The van der Waals surface area contributed by atoms with Gasteiger partial charge in [-0.25, -0.2) is 9.13 Å². The highest BCUT2D eigenvalue weighted by molar-refractivity contribution is 7.47. The number of unbranched alkanes of at least 4 members (excludes halogenated alkanes) is 23. The monoisotopic (exact) mass is 1530 g/mol. The molecule has 4 N–H and O–H groups in total. The Labute approximate surface area is 649 Å². The molecule has 5 unspecified atom stereocenters. The predicted octanol–water partition coefficient (Wildman–Crippen LogP) is 24.5. The average molecular weight is 1530 g/mol. The standard InChI is InChI=1S/C89H146O16P2/c1-4-7-10-13-16-19-22-25-28-31-34-37-39-40-41-42-44-47-48-51-54-57-60-63-66-69-72-75-87(92)99-78-84(90)79-101-106(95,96)102-80-85(91)81-103-107(97,98)104-83-86(105-89(94)77-74-71-68-65-62-59-56-53-50-45-36-33-30-27-24-21-18-15-12-9-6-3)82-100-88(93)76-73-70-67-64-61-58-55-52-49-46-43-38-35-32-29-26-23-20-17-14-11-8-5-2/h7,9-10,12,16-21,25-30,34-38,40-41,45-46,49,53,56,62,65,84-86,90-91H,4-6,8,11,13-15,22-24,31-33,39,42-44,47-48,50-52,54-55,57-61,63-64,66-83H2,1-3H3,(H,95,96)(H,97,98)/b10-7-,12-9-,19-16-,20-17-,21-18-,28-25-,29-26-,30-27-,37-34-,38-35-,41-40-,45-36-,49-46-,56-53-,65-62-. The number of phosphoric acid groups is 2. The Morgan fingerprint density at radius 1 is 0.271 bits per heavy atom. The summed E-state index contributed by atoms with van der Waals surface area (Å²) in [6.45, 7) is 2.35. The largest absolute Gasteiger partial charge is 0.472 e. The summed E-state index contributed by atoms with van der Waals surface area (Å²) in [6.07, 6.45) is 104. The van der Waals surface area contributed by atoms with E-state index in [0.29, 0.717) is 25.7 Å². The molecule has 0 aromatic carbocycles. The number of carbonyl (C=O) groups excluding carboxylic acids is 3. The Morgan fingerprint density at radius 2 is 0.495 bits per heavy atom. The molecule has 0 amide bonds. The summed E-state index contributed by atoms with van der Waals surface area (Å²) in [5.74, 6) is -1.65. The second kappa shape index (κ2) is 80.2. The van der Waals surface area contributed by atoms with Crippen molar-refractivity contribution in [3.63, 3.8) is 0 Å². The van der Waals surface area contributed by atoms with Crippen LogP contribution >= 0.6 is 15.6 Å². The smallest absolute Gasteiger partial charge is 0.463 e. The number of aliphatic hydroxyl groups excluding tert-OH is 2. The van der Waals surface area contributed by atoms with E-state index in [4.69, 9.17) is 32.3 Å². The highest BCUT2D eigenvalue weighted by atomic mass is 31.2. The molecule has 0 fully saturated rings. The Balaban J connectivity index is 4.71. The summed E-state index contributed by atoms with van der Waals surface area (Å²) in [4.78, 5) is 58.8. The second-order valence-corrected chi connectivity index (χ2v) is 29.7.